The molecule has 1 unspecified atom stereocenters. The summed E-state index contributed by atoms with van der Waals surface area (Å²) < 4.78 is 53.0. The molecule has 0 saturated carbocycles. The number of aromatic amines is 1. The Kier molecular flexibility index (Phi) is 7.91. The van der Waals surface area contributed by atoms with E-state index in [-0.39, 0.29) is 0 Å². The Bertz CT molecular complexity index is 1640. The summed E-state index contributed by atoms with van der Waals surface area (Å²) in [5.41, 5.74) is 1.73. The number of fused-ring (bicyclic) bond motifs is 2. The minimum absolute atomic E-state index is 0.435. The number of carbonyl (C=O) groups is 2. The molecule has 9 nitrogen and oxygen atoms in total. The molecule has 5 rings (SSSR count). The average molecular weight is 570 g/mol. The molecule has 40 heavy (non-hydrogen) atoms. The smallest absolute Gasteiger partial charge is 0.491 e. The van der Waals surface area contributed by atoms with E-state index in [9.17, 15) is 22.8 Å². The van der Waals surface area contributed by atoms with E-state index < -0.39 is 30.5 Å². The lowest BCUT2D eigenvalue weighted by Crippen LogP contribution is -2.28. The van der Waals surface area contributed by atoms with Gasteiger partial charge in [0.15, 0.2) is 0 Å². The fourth-order valence-corrected chi connectivity index (χ4v) is 4.92. The number of aromatic nitrogens is 4. The number of hydrogen-bond acceptors (Lipinski definition) is 9. The number of rotatable bonds is 10. The van der Waals surface area contributed by atoms with Gasteiger partial charge in [0.25, 0.3) is 0 Å². The number of halogens is 3. The third-order valence-electron chi connectivity index (χ3n) is 6.07. The second-order valence-corrected chi connectivity index (χ2v) is 9.58. The number of carbonyl (C=O) groups excluding carboxylic acids is 2. The lowest BCUT2D eigenvalue weighted by atomic mass is 9.90. The molecule has 0 aliphatic rings. The van der Waals surface area contributed by atoms with Gasteiger partial charge in [0.2, 0.25) is 0 Å². The second-order valence-electron chi connectivity index (χ2n) is 8.74. The molecule has 4 aromatic heterocycles. The Labute approximate surface area is 229 Å². The highest BCUT2D eigenvalue weighted by Gasteiger charge is 2.43. The largest absolute Gasteiger partial charge is 0.493 e. The standard InChI is InChI=1S/C27H22F3N5O4S/c28-27(29,30)26(37)39-24(36)13-18(25-20-15-35-40-22(20)7-10-33-25)19-14-34-21-12-16(5-6-17(19)21)38-11-3-9-32-23-4-1-2-8-31-23/h1-2,4-8,10,12,14-15,18,34H,3,9,11,13H2,(H,31,32). The molecule has 0 radical (unpaired) electrons. The summed E-state index contributed by atoms with van der Waals surface area (Å²) in [6.45, 7) is 1.13. The average Bonchev–Trinajstić information content (AvgIpc) is 3.59. The van der Waals surface area contributed by atoms with Crippen molar-refractivity contribution < 1.29 is 32.2 Å². The molecule has 2 N–H and O–H groups in total. The van der Waals surface area contributed by atoms with E-state index in [0.29, 0.717) is 46.4 Å². The molecular weight excluding hydrogens is 547 g/mol. The Morgan fingerprint density at radius 3 is 2.75 bits per heavy atom. The molecule has 1 atom stereocenters. The maximum Gasteiger partial charge on any atom is 0.491 e. The van der Waals surface area contributed by atoms with Gasteiger partial charge < -0.3 is 19.8 Å². The van der Waals surface area contributed by atoms with E-state index in [1.54, 1.807) is 49.1 Å². The van der Waals surface area contributed by atoms with Crippen LogP contribution in [0.1, 0.15) is 30.0 Å². The third kappa shape index (κ3) is 6.20. The van der Waals surface area contributed by atoms with Crippen LogP contribution in [-0.4, -0.2) is 50.6 Å². The Hall–Kier alpha value is -4.52. The Morgan fingerprint density at radius 2 is 1.95 bits per heavy atom. The van der Waals surface area contributed by atoms with Crippen molar-refractivity contribution in [2.24, 2.45) is 0 Å². The summed E-state index contributed by atoms with van der Waals surface area (Å²) in [6.07, 6.45) is 1.40. The summed E-state index contributed by atoms with van der Waals surface area (Å²) in [5.74, 6) is -3.29. The van der Waals surface area contributed by atoms with Crippen molar-refractivity contribution in [3.8, 4) is 5.75 Å². The van der Waals surface area contributed by atoms with E-state index in [4.69, 9.17) is 4.74 Å². The van der Waals surface area contributed by atoms with Gasteiger partial charge in [0.05, 0.1) is 29.6 Å². The number of pyridine rings is 2. The van der Waals surface area contributed by atoms with Crippen molar-refractivity contribution >= 4 is 50.3 Å². The monoisotopic (exact) mass is 569 g/mol. The van der Waals surface area contributed by atoms with Crippen molar-refractivity contribution in [2.75, 3.05) is 18.5 Å². The first-order valence-corrected chi connectivity index (χ1v) is 13.0. The minimum atomic E-state index is -5.29. The van der Waals surface area contributed by atoms with Crippen LogP contribution in [0.2, 0.25) is 0 Å². The van der Waals surface area contributed by atoms with Gasteiger partial charge in [-0.25, -0.2) is 9.78 Å². The van der Waals surface area contributed by atoms with Crippen LogP contribution in [0.3, 0.4) is 0 Å². The van der Waals surface area contributed by atoms with Crippen molar-refractivity contribution in [2.45, 2.75) is 24.9 Å². The summed E-state index contributed by atoms with van der Waals surface area (Å²) in [5, 5.41) is 4.58. The number of anilines is 1. The number of nitrogens with one attached hydrogen (secondary N) is 2. The Balaban J connectivity index is 1.34. The minimum Gasteiger partial charge on any atom is -0.493 e. The molecule has 13 heteroatoms. The maximum atomic E-state index is 12.7. The number of H-pyrrole nitrogens is 1. The normalized spacial score (nSPS) is 12.4. The number of nitrogens with zero attached hydrogens (tertiary/aromatic N) is 3. The van der Waals surface area contributed by atoms with Crippen LogP contribution in [0, 0.1) is 0 Å². The van der Waals surface area contributed by atoms with Gasteiger partial charge in [-0.2, -0.15) is 17.5 Å². The molecule has 0 spiro atoms. The fourth-order valence-electron chi connectivity index (χ4n) is 4.27. The van der Waals surface area contributed by atoms with E-state index in [2.05, 4.69) is 29.4 Å². The lowest BCUT2D eigenvalue weighted by Gasteiger charge is -2.16. The molecule has 4 heterocycles. The molecular formula is C27H22F3N5O4S. The molecule has 0 amide bonds. The summed E-state index contributed by atoms with van der Waals surface area (Å²) >= 11 is 1.22. The van der Waals surface area contributed by atoms with E-state index in [0.717, 1.165) is 16.9 Å². The highest BCUT2D eigenvalue weighted by molar-refractivity contribution is 7.13. The maximum absolute atomic E-state index is 12.7. The zero-order valence-corrected chi connectivity index (χ0v) is 21.6. The van der Waals surface area contributed by atoms with Gasteiger partial charge in [-0.3, -0.25) is 9.78 Å². The van der Waals surface area contributed by atoms with Gasteiger partial charge in [-0.1, -0.05) is 6.07 Å². The highest BCUT2D eigenvalue weighted by atomic mass is 32.1. The van der Waals surface area contributed by atoms with Gasteiger partial charge in [0.1, 0.15) is 11.6 Å². The summed E-state index contributed by atoms with van der Waals surface area (Å²) in [7, 11) is 0. The van der Waals surface area contributed by atoms with Crippen molar-refractivity contribution in [3.63, 3.8) is 0 Å². The first-order valence-electron chi connectivity index (χ1n) is 12.2. The van der Waals surface area contributed by atoms with Crippen LogP contribution in [0.4, 0.5) is 19.0 Å². The zero-order valence-electron chi connectivity index (χ0n) is 20.8. The van der Waals surface area contributed by atoms with Gasteiger partial charge in [-0.05, 0) is 53.8 Å². The van der Waals surface area contributed by atoms with Crippen LogP contribution < -0.4 is 10.1 Å². The number of esters is 2. The molecule has 5 aromatic rings. The molecule has 0 bridgehead atoms. The summed E-state index contributed by atoms with van der Waals surface area (Å²) in [6, 6.07) is 12.7. The SMILES string of the molecule is O=C(CC(c1c[nH]c2cc(OCCCNc3ccccn3)ccc12)c1nccc2sncc12)OC(=O)C(F)(F)F. The summed E-state index contributed by atoms with van der Waals surface area (Å²) in [4.78, 5) is 35.5. The predicted octanol–water partition coefficient (Wildman–Crippen LogP) is 5.60. The molecule has 0 saturated heterocycles. The number of hydrogen-bond donors (Lipinski definition) is 2. The molecule has 0 aliphatic carbocycles. The van der Waals surface area contributed by atoms with Gasteiger partial charge >= 0.3 is 18.1 Å². The number of ether oxygens (including phenoxy) is 2. The third-order valence-corrected chi connectivity index (χ3v) is 6.84. The van der Waals surface area contributed by atoms with Gasteiger partial charge in [0, 0.05) is 53.4 Å². The van der Waals surface area contributed by atoms with E-state index >= 15 is 0 Å². The fraction of sp³-hybridized carbons (Fsp3) is 0.222. The quantitative estimate of drug-likeness (QED) is 0.127. The van der Waals surface area contributed by atoms with Gasteiger partial charge in [-0.15, -0.1) is 0 Å². The Morgan fingerprint density at radius 1 is 1.07 bits per heavy atom. The lowest BCUT2D eigenvalue weighted by molar-refractivity contribution is -0.201. The van der Waals surface area contributed by atoms with Crippen LogP contribution in [0.15, 0.2) is 67.3 Å². The van der Waals surface area contributed by atoms with E-state index in [1.807, 2.05) is 18.2 Å². The number of alkyl halides is 3. The zero-order chi connectivity index (χ0) is 28.1. The second kappa shape index (κ2) is 11.7. The van der Waals surface area contributed by atoms with Crippen LogP contribution in [0.5, 0.6) is 5.75 Å². The van der Waals surface area contributed by atoms with Crippen molar-refractivity contribution in [3.05, 3.63) is 78.5 Å². The van der Waals surface area contributed by atoms with Crippen molar-refractivity contribution in [1.29, 1.82) is 0 Å². The highest BCUT2D eigenvalue weighted by Crippen LogP contribution is 2.37. The van der Waals surface area contributed by atoms with E-state index in [1.165, 1.54) is 11.5 Å². The number of benzene rings is 1. The predicted molar refractivity (Wildman–Crippen MR) is 142 cm³/mol. The topological polar surface area (TPSA) is 119 Å². The molecule has 1 aromatic carbocycles. The van der Waals surface area contributed by atoms with Crippen LogP contribution >= 0.6 is 11.5 Å². The molecule has 0 fully saturated rings. The van der Waals surface area contributed by atoms with Crippen LogP contribution in [0.25, 0.3) is 21.0 Å². The first kappa shape index (κ1) is 27.1. The first-order chi connectivity index (χ1) is 19.3. The van der Waals surface area contributed by atoms with Crippen molar-refractivity contribution in [1.82, 2.24) is 19.3 Å². The molecule has 206 valence electrons. The molecule has 0 aliphatic heterocycles. The van der Waals surface area contributed by atoms with Crippen LogP contribution in [-0.2, 0) is 14.3 Å².